The molecule has 0 spiro atoms. The van der Waals surface area contributed by atoms with Gasteiger partial charge < -0.3 is 4.57 Å². The lowest BCUT2D eigenvalue weighted by atomic mass is 9.54. The largest absolute Gasteiger partial charge is 0.309 e. The van der Waals surface area contributed by atoms with Crippen LogP contribution in [0.1, 0.15) is 57.1 Å². The molecule has 0 N–H and O–H groups in total. The molecule has 2 bridgehead atoms. The van der Waals surface area contributed by atoms with Crippen molar-refractivity contribution in [3.8, 4) is 57.0 Å². The van der Waals surface area contributed by atoms with Crippen LogP contribution in [0.25, 0.3) is 72.8 Å². The standard InChI is InChI=1S/C51H43N5/c1-33-25-36-26-34(2)30-51(29-33,31-36)42-20-15-37(16-21-42)38-17-22-43(23-18-38)56-46-14-7-6-13-44(46)45-24-19-41(28-47(45)56)50-54-48(39-10-4-3-5-11-39)53-49(55-50)40-12-8-9-35(27-40)32-52/h3-24,27-28,33-34,36H,25-26,29-31H2,1-2H3/t33-,34+,36?,51?. The van der Waals surface area contributed by atoms with Gasteiger partial charge in [-0.15, -0.1) is 0 Å². The Hall–Kier alpha value is -6.38. The molecule has 2 aliphatic rings. The fourth-order valence-corrected chi connectivity index (χ4v) is 10.3. The van der Waals surface area contributed by atoms with Crippen LogP contribution in [0, 0.1) is 29.1 Å². The van der Waals surface area contributed by atoms with E-state index in [1.807, 2.05) is 48.5 Å². The molecule has 0 amide bonds. The van der Waals surface area contributed by atoms with Gasteiger partial charge in [0, 0.05) is 33.2 Å². The number of rotatable bonds is 6. The monoisotopic (exact) mass is 725 g/mol. The van der Waals surface area contributed by atoms with Crippen LogP contribution in [-0.2, 0) is 5.41 Å². The Morgan fingerprint density at radius 2 is 1.11 bits per heavy atom. The number of nitriles is 1. The van der Waals surface area contributed by atoms with Crippen LogP contribution in [0.3, 0.4) is 0 Å². The second-order valence-electron chi connectivity index (χ2n) is 16.5. The molecule has 2 aromatic heterocycles. The Balaban J connectivity index is 1.04. The van der Waals surface area contributed by atoms with Crippen molar-refractivity contribution in [3.63, 3.8) is 0 Å². The molecule has 56 heavy (non-hydrogen) atoms. The van der Waals surface area contributed by atoms with Crippen molar-refractivity contribution in [2.24, 2.45) is 17.8 Å². The topological polar surface area (TPSA) is 67.4 Å². The molecule has 8 aromatic rings. The highest BCUT2D eigenvalue weighted by Gasteiger charge is 2.45. The highest BCUT2D eigenvalue weighted by atomic mass is 15.0. The fraction of sp³-hybridized carbons (Fsp3) is 0.216. The summed E-state index contributed by atoms with van der Waals surface area (Å²) in [6.45, 7) is 4.93. The van der Waals surface area contributed by atoms with Crippen LogP contribution < -0.4 is 0 Å². The van der Waals surface area contributed by atoms with E-state index in [0.717, 1.165) is 51.2 Å². The van der Waals surface area contributed by atoms with Crippen molar-refractivity contribution >= 4 is 21.8 Å². The van der Waals surface area contributed by atoms with Crippen LogP contribution in [0.4, 0.5) is 0 Å². The molecule has 2 fully saturated rings. The Kier molecular flexibility index (Phi) is 8.37. The number of nitrogens with zero attached hydrogens (tertiary/aromatic N) is 5. The van der Waals surface area contributed by atoms with Gasteiger partial charge >= 0.3 is 0 Å². The lowest BCUT2D eigenvalue weighted by Gasteiger charge is -2.50. The summed E-state index contributed by atoms with van der Waals surface area (Å²) >= 11 is 0. The second kappa shape index (κ2) is 13.7. The molecule has 5 nitrogen and oxygen atoms in total. The normalized spacial score (nSPS) is 20.6. The summed E-state index contributed by atoms with van der Waals surface area (Å²) < 4.78 is 2.35. The van der Waals surface area contributed by atoms with E-state index in [1.165, 1.54) is 54.0 Å². The predicted molar refractivity (Wildman–Crippen MR) is 227 cm³/mol. The molecule has 272 valence electrons. The summed E-state index contributed by atoms with van der Waals surface area (Å²) in [5.74, 6) is 4.18. The third kappa shape index (κ3) is 6.07. The lowest BCUT2D eigenvalue weighted by molar-refractivity contribution is 0.0780. The van der Waals surface area contributed by atoms with Gasteiger partial charge in [-0.1, -0.05) is 123 Å². The van der Waals surface area contributed by atoms with Gasteiger partial charge in [-0.3, -0.25) is 0 Å². The van der Waals surface area contributed by atoms with Crippen molar-refractivity contribution in [2.45, 2.75) is 51.4 Å². The lowest BCUT2D eigenvalue weighted by Crippen LogP contribution is -2.42. The first-order chi connectivity index (χ1) is 27.4. The molecule has 2 aliphatic carbocycles. The van der Waals surface area contributed by atoms with Gasteiger partial charge in [0.25, 0.3) is 0 Å². The molecular weight excluding hydrogens is 683 g/mol. The number of fused-ring (bicyclic) bond motifs is 5. The van der Waals surface area contributed by atoms with Crippen molar-refractivity contribution < 1.29 is 0 Å². The van der Waals surface area contributed by atoms with E-state index in [4.69, 9.17) is 15.0 Å². The van der Waals surface area contributed by atoms with E-state index in [1.54, 1.807) is 11.6 Å². The zero-order valence-electron chi connectivity index (χ0n) is 31.9. The minimum atomic E-state index is 0.340. The molecule has 6 aromatic carbocycles. The molecule has 4 atom stereocenters. The molecular formula is C51H43N5. The van der Waals surface area contributed by atoms with Crippen LogP contribution in [0.5, 0.6) is 0 Å². The Bertz CT molecular complexity index is 2760. The minimum absolute atomic E-state index is 0.340. The maximum Gasteiger partial charge on any atom is 0.164 e. The number of hydrogen-bond acceptors (Lipinski definition) is 4. The first-order valence-electron chi connectivity index (χ1n) is 20.0. The summed E-state index contributed by atoms with van der Waals surface area (Å²) in [6.07, 6.45) is 6.80. The van der Waals surface area contributed by atoms with Crippen molar-refractivity contribution in [1.29, 1.82) is 5.26 Å². The van der Waals surface area contributed by atoms with E-state index in [-0.39, 0.29) is 0 Å². The molecule has 10 rings (SSSR count). The van der Waals surface area contributed by atoms with Crippen molar-refractivity contribution in [1.82, 2.24) is 19.5 Å². The number of para-hydroxylation sites is 1. The molecule has 2 unspecified atom stereocenters. The Morgan fingerprint density at radius 1 is 0.536 bits per heavy atom. The zero-order chi connectivity index (χ0) is 37.8. The van der Waals surface area contributed by atoms with Gasteiger partial charge in [0.2, 0.25) is 0 Å². The zero-order valence-corrected chi connectivity index (χ0v) is 31.9. The minimum Gasteiger partial charge on any atom is -0.309 e. The third-order valence-corrected chi connectivity index (χ3v) is 12.4. The van der Waals surface area contributed by atoms with Crippen LogP contribution in [0.15, 0.2) is 146 Å². The van der Waals surface area contributed by atoms with Crippen LogP contribution >= 0.6 is 0 Å². The average Bonchev–Trinajstić information content (AvgIpc) is 3.57. The summed E-state index contributed by atoms with van der Waals surface area (Å²) in [5.41, 5.74) is 10.8. The maximum absolute atomic E-state index is 9.62. The highest BCUT2D eigenvalue weighted by molar-refractivity contribution is 6.10. The molecule has 0 saturated heterocycles. The van der Waals surface area contributed by atoms with Crippen molar-refractivity contribution in [2.75, 3.05) is 0 Å². The van der Waals surface area contributed by atoms with Crippen molar-refractivity contribution in [3.05, 3.63) is 157 Å². The average molecular weight is 726 g/mol. The molecule has 0 radical (unpaired) electrons. The van der Waals surface area contributed by atoms with E-state index < -0.39 is 0 Å². The van der Waals surface area contributed by atoms with E-state index in [2.05, 4.69) is 115 Å². The smallest absolute Gasteiger partial charge is 0.164 e. The summed E-state index contributed by atoms with van der Waals surface area (Å²) in [4.78, 5) is 14.9. The van der Waals surface area contributed by atoms with Gasteiger partial charge in [0.1, 0.15) is 0 Å². The molecule has 0 aliphatic heterocycles. The predicted octanol–water partition coefficient (Wildman–Crippen LogP) is 12.6. The molecule has 2 saturated carbocycles. The van der Waals surface area contributed by atoms with Gasteiger partial charge in [-0.05, 0) is 108 Å². The quantitative estimate of drug-likeness (QED) is 0.171. The number of benzene rings is 6. The molecule has 2 heterocycles. The van der Waals surface area contributed by atoms with Gasteiger partial charge in [-0.2, -0.15) is 5.26 Å². The first kappa shape index (κ1) is 34.1. The second-order valence-corrected chi connectivity index (χ2v) is 16.5. The summed E-state index contributed by atoms with van der Waals surface area (Å²) in [5, 5.41) is 12.0. The summed E-state index contributed by atoms with van der Waals surface area (Å²) in [7, 11) is 0. The van der Waals surface area contributed by atoms with Gasteiger partial charge in [-0.25, -0.2) is 15.0 Å². The highest BCUT2D eigenvalue weighted by Crippen LogP contribution is 2.54. The van der Waals surface area contributed by atoms with E-state index >= 15 is 0 Å². The van der Waals surface area contributed by atoms with Crippen LogP contribution in [0.2, 0.25) is 0 Å². The van der Waals surface area contributed by atoms with Gasteiger partial charge in [0.05, 0.1) is 22.7 Å². The number of hydrogen-bond donors (Lipinski definition) is 0. The SMILES string of the molecule is C[C@@H]1CC2C[C@H](C)CC(c3ccc(-c4ccc(-n5c6ccccc6c6ccc(-c7nc(-c8ccccc8)nc(-c8cccc(C#N)c8)n7)cc65)cc4)cc3)(C2)C1. The first-order valence-corrected chi connectivity index (χ1v) is 20.0. The van der Waals surface area contributed by atoms with E-state index in [0.29, 0.717) is 28.5 Å². The van der Waals surface area contributed by atoms with Crippen LogP contribution in [-0.4, -0.2) is 19.5 Å². The Morgan fingerprint density at radius 3 is 1.80 bits per heavy atom. The summed E-state index contributed by atoms with van der Waals surface area (Å²) in [6, 6.07) is 53.3. The Labute approximate surface area is 328 Å². The molecule has 5 heteroatoms. The number of aromatic nitrogens is 4. The fourth-order valence-electron chi connectivity index (χ4n) is 10.3. The van der Waals surface area contributed by atoms with Gasteiger partial charge in [0.15, 0.2) is 17.5 Å². The maximum atomic E-state index is 9.62. The van der Waals surface area contributed by atoms with E-state index in [9.17, 15) is 5.26 Å². The third-order valence-electron chi connectivity index (χ3n) is 12.4.